The quantitative estimate of drug-likeness (QED) is 0.783. The van der Waals surface area contributed by atoms with Crippen LogP contribution < -0.4 is 0 Å². The Morgan fingerprint density at radius 3 is 2.57 bits per heavy atom. The Kier molecular flexibility index (Phi) is 5.01. The van der Waals surface area contributed by atoms with Crippen molar-refractivity contribution in [3.63, 3.8) is 0 Å². The molecular formula is C16H27N3O2. The Hall–Kier alpha value is -1.39. The van der Waals surface area contributed by atoms with E-state index in [9.17, 15) is 4.79 Å². The fourth-order valence-corrected chi connectivity index (χ4v) is 3.25. The second-order valence-electron chi connectivity index (χ2n) is 6.44. The van der Waals surface area contributed by atoms with Crippen molar-refractivity contribution in [1.82, 2.24) is 14.8 Å². The fourth-order valence-electron chi connectivity index (χ4n) is 3.25. The van der Waals surface area contributed by atoms with Crippen molar-refractivity contribution in [3.8, 4) is 0 Å². The monoisotopic (exact) mass is 293 g/mol. The van der Waals surface area contributed by atoms with Gasteiger partial charge in [0.1, 0.15) is 11.2 Å². The van der Waals surface area contributed by atoms with Crippen LogP contribution in [-0.4, -0.2) is 27.3 Å². The van der Waals surface area contributed by atoms with Gasteiger partial charge in [0.2, 0.25) is 0 Å². The number of carbonyl (C=O) groups is 1. The van der Waals surface area contributed by atoms with Crippen LogP contribution in [0.25, 0.3) is 0 Å². The van der Waals surface area contributed by atoms with Gasteiger partial charge in [-0.1, -0.05) is 33.1 Å². The number of carbonyl (C=O) groups excluding carboxylic acids is 1. The van der Waals surface area contributed by atoms with E-state index in [1.807, 2.05) is 14.0 Å². The lowest BCUT2D eigenvalue weighted by atomic mass is 9.73. The smallest absolute Gasteiger partial charge is 0.319 e. The zero-order chi connectivity index (χ0) is 15.5. The molecule has 1 fully saturated rings. The lowest BCUT2D eigenvalue weighted by Gasteiger charge is -2.33. The van der Waals surface area contributed by atoms with Crippen LogP contribution in [0.3, 0.4) is 0 Å². The molecule has 0 radical (unpaired) electrons. The molecule has 1 aliphatic rings. The van der Waals surface area contributed by atoms with Crippen LogP contribution in [0, 0.1) is 5.92 Å². The molecule has 5 nitrogen and oxygen atoms in total. The molecule has 0 N–H and O–H groups in total. The number of esters is 1. The molecule has 1 aromatic rings. The van der Waals surface area contributed by atoms with Gasteiger partial charge >= 0.3 is 5.97 Å². The molecule has 21 heavy (non-hydrogen) atoms. The molecule has 1 heterocycles. The van der Waals surface area contributed by atoms with Crippen LogP contribution in [0.5, 0.6) is 0 Å². The lowest BCUT2D eigenvalue weighted by molar-refractivity contribution is -0.152. The molecule has 0 bridgehead atoms. The zero-order valence-corrected chi connectivity index (χ0v) is 13.7. The number of aryl methyl sites for hydroxylation is 1. The average Bonchev–Trinajstić information content (AvgIpc) is 2.80. The van der Waals surface area contributed by atoms with E-state index in [4.69, 9.17) is 9.72 Å². The molecule has 0 saturated heterocycles. The molecule has 1 aliphatic carbocycles. The predicted octanol–water partition coefficient (Wildman–Crippen LogP) is 2.78. The molecule has 0 unspecified atom stereocenters. The maximum absolute atomic E-state index is 12.6. The number of rotatable bonds is 5. The first kappa shape index (κ1) is 16.0. The van der Waals surface area contributed by atoms with Crippen molar-refractivity contribution in [2.45, 2.75) is 64.7 Å². The van der Waals surface area contributed by atoms with Gasteiger partial charge in [-0.2, -0.15) is 5.10 Å². The van der Waals surface area contributed by atoms with Crippen LogP contribution in [0.15, 0.2) is 0 Å². The van der Waals surface area contributed by atoms with E-state index in [-0.39, 0.29) is 5.97 Å². The normalized spacial score (nSPS) is 18.0. The highest BCUT2D eigenvalue weighted by atomic mass is 16.5. The van der Waals surface area contributed by atoms with Crippen LogP contribution in [0.2, 0.25) is 0 Å². The van der Waals surface area contributed by atoms with Gasteiger partial charge in [0.15, 0.2) is 5.82 Å². The Labute approximate surface area is 127 Å². The predicted molar refractivity (Wildman–Crippen MR) is 80.9 cm³/mol. The molecule has 5 heteroatoms. The van der Waals surface area contributed by atoms with E-state index in [0.29, 0.717) is 12.5 Å². The minimum absolute atomic E-state index is 0.128. The SMILES string of the molecule is CCOC(=O)C1(c2nc(CC(C)C)nn2C)CCCCC1. The minimum atomic E-state index is -0.592. The maximum Gasteiger partial charge on any atom is 0.319 e. The molecular weight excluding hydrogens is 266 g/mol. The number of aromatic nitrogens is 3. The summed E-state index contributed by atoms with van der Waals surface area (Å²) in [5.74, 6) is 1.99. The van der Waals surface area contributed by atoms with Gasteiger partial charge in [-0.15, -0.1) is 0 Å². The van der Waals surface area contributed by atoms with Crippen molar-refractivity contribution in [3.05, 3.63) is 11.6 Å². The fraction of sp³-hybridized carbons (Fsp3) is 0.812. The van der Waals surface area contributed by atoms with Crippen molar-refractivity contribution in [1.29, 1.82) is 0 Å². The van der Waals surface area contributed by atoms with Crippen molar-refractivity contribution in [2.24, 2.45) is 13.0 Å². The molecule has 0 aromatic carbocycles. The number of ether oxygens (including phenoxy) is 1. The van der Waals surface area contributed by atoms with Crippen LogP contribution in [-0.2, 0) is 28.4 Å². The summed E-state index contributed by atoms with van der Waals surface area (Å²) in [6.07, 6.45) is 5.75. The topological polar surface area (TPSA) is 57.0 Å². The van der Waals surface area contributed by atoms with Gasteiger partial charge in [-0.25, -0.2) is 4.98 Å². The molecule has 0 atom stereocenters. The molecule has 0 spiro atoms. The van der Waals surface area contributed by atoms with Gasteiger partial charge in [0.25, 0.3) is 0 Å². The Morgan fingerprint density at radius 1 is 1.33 bits per heavy atom. The van der Waals surface area contributed by atoms with Crippen LogP contribution in [0.4, 0.5) is 0 Å². The highest BCUT2D eigenvalue weighted by Crippen LogP contribution is 2.39. The summed E-state index contributed by atoms with van der Waals surface area (Å²) in [6.45, 7) is 6.57. The first-order valence-electron chi connectivity index (χ1n) is 8.07. The number of hydrogen-bond acceptors (Lipinski definition) is 4. The van der Waals surface area contributed by atoms with E-state index in [1.165, 1.54) is 6.42 Å². The summed E-state index contributed by atoms with van der Waals surface area (Å²) in [7, 11) is 1.89. The molecule has 1 aromatic heterocycles. The van der Waals surface area contributed by atoms with Crippen molar-refractivity contribution >= 4 is 5.97 Å². The Balaban J connectivity index is 2.36. The summed E-state index contributed by atoms with van der Waals surface area (Å²) >= 11 is 0. The second-order valence-corrected chi connectivity index (χ2v) is 6.44. The number of hydrogen-bond donors (Lipinski definition) is 0. The first-order valence-corrected chi connectivity index (χ1v) is 8.07. The third-order valence-electron chi connectivity index (χ3n) is 4.20. The second kappa shape index (κ2) is 6.58. The number of nitrogens with zero attached hydrogens (tertiary/aromatic N) is 3. The highest BCUT2D eigenvalue weighted by Gasteiger charge is 2.46. The van der Waals surface area contributed by atoms with Gasteiger partial charge < -0.3 is 4.74 Å². The van der Waals surface area contributed by atoms with Gasteiger partial charge in [-0.3, -0.25) is 9.48 Å². The average molecular weight is 293 g/mol. The zero-order valence-electron chi connectivity index (χ0n) is 13.7. The van der Waals surface area contributed by atoms with E-state index in [2.05, 4.69) is 18.9 Å². The maximum atomic E-state index is 12.6. The summed E-state index contributed by atoms with van der Waals surface area (Å²) in [6, 6.07) is 0. The summed E-state index contributed by atoms with van der Waals surface area (Å²) < 4.78 is 7.16. The lowest BCUT2D eigenvalue weighted by Crippen LogP contribution is -2.41. The minimum Gasteiger partial charge on any atom is -0.465 e. The molecule has 1 saturated carbocycles. The van der Waals surface area contributed by atoms with Crippen LogP contribution >= 0.6 is 0 Å². The third-order valence-corrected chi connectivity index (χ3v) is 4.20. The van der Waals surface area contributed by atoms with E-state index < -0.39 is 5.41 Å². The van der Waals surface area contributed by atoms with Crippen molar-refractivity contribution in [2.75, 3.05) is 6.61 Å². The first-order chi connectivity index (χ1) is 9.99. The standard InChI is InChI=1S/C16H27N3O2/c1-5-21-15(20)16(9-7-6-8-10-16)14-17-13(11-12(2)3)18-19(14)4/h12H,5-11H2,1-4H3. The Bertz CT molecular complexity index is 488. The summed E-state index contributed by atoms with van der Waals surface area (Å²) in [4.78, 5) is 17.3. The van der Waals surface area contributed by atoms with Gasteiger partial charge in [0, 0.05) is 13.5 Å². The Morgan fingerprint density at radius 2 is 2.00 bits per heavy atom. The van der Waals surface area contributed by atoms with E-state index in [1.54, 1.807) is 4.68 Å². The van der Waals surface area contributed by atoms with Crippen molar-refractivity contribution < 1.29 is 9.53 Å². The molecule has 118 valence electrons. The molecule has 2 rings (SSSR count). The van der Waals surface area contributed by atoms with Crippen LogP contribution in [0.1, 0.15) is 64.5 Å². The summed E-state index contributed by atoms with van der Waals surface area (Å²) in [5, 5.41) is 4.51. The van der Waals surface area contributed by atoms with E-state index >= 15 is 0 Å². The largest absolute Gasteiger partial charge is 0.465 e. The van der Waals surface area contributed by atoms with Gasteiger partial charge in [0.05, 0.1) is 6.61 Å². The molecule has 0 aliphatic heterocycles. The van der Waals surface area contributed by atoms with Gasteiger partial charge in [-0.05, 0) is 25.7 Å². The highest BCUT2D eigenvalue weighted by molar-refractivity contribution is 5.82. The van der Waals surface area contributed by atoms with E-state index in [0.717, 1.165) is 43.8 Å². The molecule has 0 amide bonds. The third kappa shape index (κ3) is 3.27. The summed E-state index contributed by atoms with van der Waals surface area (Å²) in [5.41, 5.74) is -0.592.